The van der Waals surface area contributed by atoms with Crippen LogP contribution in [0.25, 0.3) is 0 Å². The number of nitrogens with zero attached hydrogens (tertiary/aromatic N) is 1. The van der Waals surface area contributed by atoms with Crippen molar-refractivity contribution in [2.45, 2.75) is 37.5 Å². The summed E-state index contributed by atoms with van der Waals surface area (Å²) in [6.45, 7) is 2.62. The summed E-state index contributed by atoms with van der Waals surface area (Å²) < 4.78 is 28.3. The number of halogens is 1. The first-order valence-electron chi connectivity index (χ1n) is 6.69. The van der Waals surface area contributed by atoms with Gasteiger partial charge in [0.25, 0.3) is 0 Å². The average Bonchev–Trinajstić information content (AvgIpc) is 2.84. The van der Waals surface area contributed by atoms with E-state index in [1.165, 1.54) is 12.8 Å². The van der Waals surface area contributed by atoms with Gasteiger partial charge in [-0.25, -0.2) is 18.1 Å². The van der Waals surface area contributed by atoms with Crippen molar-refractivity contribution in [3.8, 4) is 0 Å². The molecule has 1 aliphatic rings. The van der Waals surface area contributed by atoms with Gasteiger partial charge >= 0.3 is 0 Å². The highest BCUT2D eigenvalue weighted by Gasteiger charge is 2.31. The van der Waals surface area contributed by atoms with Gasteiger partial charge in [-0.3, -0.25) is 0 Å². The first-order chi connectivity index (χ1) is 9.36. The fraction of sp³-hybridized carbons (Fsp3) is 0.615. The van der Waals surface area contributed by atoms with Gasteiger partial charge in [-0.15, -0.1) is 0 Å². The van der Waals surface area contributed by atoms with Crippen LogP contribution in [-0.4, -0.2) is 27.0 Å². The van der Waals surface area contributed by atoms with Crippen molar-refractivity contribution >= 4 is 31.8 Å². The fourth-order valence-corrected chi connectivity index (χ4v) is 4.43. The largest absolute Gasteiger partial charge is 0.372 e. The minimum Gasteiger partial charge on any atom is -0.372 e. The Bertz CT molecular complexity index is 583. The second kappa shape index (κ2) is 5.99. The normalized spacial score (nSPS) is 18.1. The molecule has 5 nitrogen and oxygen atoms in total. The van der Waals surface area contributed by atoms with Gasteiger partial charge in [-0.1, -0.05) is 19.8 Å². The van der Waals surface area contributed by atoms with E-state index in [-0.39, 0.29) is 10.3 Å². The number of aromatic nitrogens is 1. The molecular weight excluding hydrogens is 342 g/mol. The minimum absolute atomic E-state index is 0.0757. The fourth-order valence-electron chi connectivity index (χ4n) is 2.57. The van der Waals surface area contributed by atoms with Crippen molar-refractivity contribution in [2.24, 2.45) is 5.41 Å². The van der Waals surface area contributed by atoms with Crippen molar-refractivity contribution in [1.82, 2.24) is 9.71 Å². The van der Waals surface area contributed by atoms with Crippen LogP contribution in [0.15, 0.2) is 21.6 Å². The van der Waals surface area contributed by atoms with E-state index < -0.39 is 10.0 Å². The highest BCUT2D eigenvalue weighted by atomic mass is 79.9. The van der Waals surface area contributed by atoms with E-state index in [4.69, 9.17) is 0 Å². The van der Waals surface area contributed by atoms with Crippen LogP contribution in [0.1, 0.15) is 32.6 Å². The van der Waals surface area contributed by atoms with Crippen LogP contribution in [0.3, 0.4) is 0 Å². The molecule has 112 valence electrons. The zero-order valence-corrected chi connectivity index (χ0v) is 14.1. The van der Waals surface area contributed by atoms with Crippen LogP contribution in [0.2, 0.25) is 0 Å². The van der Waals surface area contributed by atoms with Crippen molar-refractivity contribution in [1.29, 1.82) is 0 Å². The maximum atomic E-state index is 12.5. The number of rotatable bonds is 5. The molecule has 2 N–H and O–H groups in total. The zero-order valence-electron chi connectivity index (χ0n) is 11.7. The molecule has 2 rings (SSSR count). The SMILES string of the molecule is CNc1ncc(Br)cc1S(=O)(=O)NCC1(C)CCCC1. The highest BCUT2D eigenvalue weighted by molar-refractivity contribution is 9.10. The molecule has 0 spiro atoms. The van der Waals surface area contributed by atoms with Crippen LogP contribution >= 0.6 is 15.9 Å². The predicted molar refractivity (Wildman–Crippen MR) is 83.2 cm³/mol. The van der Waals surface area contributed by atoms with Gasteiger partial charge < -0.3 is 5.32 Å². The Kier molecular flexibility index (Phi) is 4.71. The quantitative estimate of drug-likeness (QED) is 0.845. The van der Waals surface area contributed by atoms with Gasteiger partial charge in [0, 0.05) is 24.3 Å². The molecule has 0 unspecified atom stereocenters. The molecule has 1 heterocycles. The molecular formula is C13H20BrN3O2S. The minimum atomic E-state index is -3.56. The lowest BCUT2D eigenvalue weighted by atomic mass is 9.89. The third-order valence-electron chi connectivity index (χ3n) is 3.85. The van der Waals surface area contributed by atoms with Crippen molar-refractivity contribution in [2.75, 3.05) is 18.9 Å². The van der Waals surface area contributed by atoms with E-state index in [9.17, 15) is 8.42 Å². The summed E-state index contributed by atoms with van der Waals surface area (Å²) in [6, 6.07) is 1.57. The summed E-state index contributed by atoms with van der Waals surface area (Å²) in [6.07, 6.45) is 6.08. The Balaban J connectivity index is 2.20. The second-order valence-corrected chi connectivity index (χ2v) is 8.24. The van der Waals surface area contributed by atoms with Gasteiger partial charge in [0.15, 0.2) is 0 Å². The smallest absolute Gasteiger partial charge is 0.244 e. The summed E-state index contributed by atoms with van der Waals surface area (Å²) in [5.74, 6) is 0.359. The molecule has 0 atom stereocenters. The van der Waals surface area contributed by atoms with Crippen LogP contribution in [-0.2, 0) is 10.0 Å². The number of pyridine rings is 1. The molecule has 0 aromatic carbocycles. The molecule has 1 aromatic rings. The molecule has 0 radical (unpaired) electrons. The summed E-state index contributed by atoms with van der Waals surface area (Å²) in [7, 11) is -1.90. The van der Waals surface area contributed by atoms with Crippen LogP contribution in [0.5, 0.6) is 0 Å². The van der Waals surface area contributed by atoms with E-state index in [0.717, 1.165) is 12.8 Å². The maximum Gasteiger partial charge on any atom is 0.244 e. The van der Waals surface area contributed by atoms with Crippen LogP contribution < -0.4 is 10.0 Å². The lowest BCUT2D eigenvalue weighted by Gasteiger charge is -2.23. The Morgan fingerprint density at radius 1 is 1.40 bits per heavy atom. The van der Waals surface area contributed by atoms with E-state index >= 15 is 0 Å². The number of anilines is 1. The molecule has 1 fully saturated rings. The Hall–Kier alpha value is -0.660. The number of sulfonamides is 1. The van der Waals surface area contributed by atoms with Crippen LogP contribution in [0.4, 0.5) is 5.82 Å². The molecule has 1 aliphatic carbocycles. The Morgan fingerprint density at radius 2 is 2.05 bits per heavy atom. The van der Waals surface area contributed by atoms with Gasteiger partial charge in [-0.05, 0) is 40.3 Å². The monoisotopic (exact) mass is 361 g/mol. The number of hydrogen-bond donors (Lipinski definition) is 2. The molecule has 7 heteroatoms. The highest BCUT2D eigenvalue weighted by Crippen LogP contribution is 2.37. The molecule has 20 heavy (non-hydrogen) atoms. The molecule has 0 aliphatic heterocycles. The predicted octanol–water partition coefficient (Wildman–Crippen LogP) is 2.74. The second-order valence-electron chi connectivity index (χ2n) is 5.59. The number of hydrogen-bond acceptors (Lipinski definition) is 4. The van der Waals surface area contributed by atoms with Gasteiger partial charge in [0.1, 0.15) is 10.7 Å². The van der Waals surface area contributed by atoms with Crippen LogP contribution in [0, 0.1) is 5.41 Å². The lowest BCUT2D eigenvalue weighted by molar-refractivity contribution is 0.336. The van der Waals surface area contributed by atoms with Gasteiger partial charge in [-0.2, -0.15) is 0 Å². The van der Waals surface area contributed by atoms with Crippen molar-refractivity contribution < 1.29 is 8.42 Å². The number of nitrogens with one attached hydrogen (secondary N) is 2. The van der Waals surface area contributed by atoms with E-state index in [2.05, 4.69) is 37.9 Å². The molecule has 1 aromatic heterocycles. The Labute approximate surface area is 128 Å². The first kappa shape index (κ1) is 15.7. The van der Waals surface area contributed by atoms with Crippen molar-refractivity contribution in [3.63, 3.8) is 0 Å². The van der Waals surface area contributed by atoms with Gasteiger partial charge in [0.2, 0.25) is 10.0 Å². The zero-order chi connectivity index (χ0) is 14.8. The topological polar surface area (TPSA) is 71.1 Å². The summed E-state index contributed by atoms with van der Waals surface area (Å²) >= 11 is 3.26. The van der Waals surface area contributed by atoms with E-state index in [0.29, 0.717) is 16.8 Å². The summed E-state index contributed by atoms with van der Waals surface area (Å²) in [4.78, 5) is 4.26. The summed E-state index contributed by atoms with van der Waals surface area (Å²) in [5.41, 5.74) is 0.0757. The molecule has 1 saturated carbocycles. The third-order valence-corrected chi connectivity index (χ3v) is 5.69. The summed E-state index contributed by atoms with van der Waals surface area (Å²) in [5, 5.41) is 2.82. The Morgan fingerprint density at radius 3 is 2.65 bits per heavy atom. The average molecular weight is 362 g/mol. The first-order valence-corrected chi connectivity index (χ1v) is 8.97. The van der Waals surface area contributed by atoms with Gasteiger partial charge in [0.05, 0.1) is 0 Å². The van der Waals surface area contributed by atoms with E-state index in [1.54, 1.807) is 19.3 Å². The molecule has 0 bridgehead atoms. The molecule has 0 saturated heterocycles. The molecule has 0 amide bonds. The van der Waals surface area contributed by atoms with Crippen molar-refractivity contribution in [3.05, 3.63) is 16.7 Å². The third kappa shape index (κ3) is 3.51. The lowest BCUT2D eigenvalue weighted by Crippen LogP contribution is -2.34. The standard InChI is InChI=1S/C13H20BrN3O2S/c1-13(5-3-4-6-13)9-17-20(18,19)11-7-10(14)8-16-12(11)15-2/h7-8,17H,3-6,9H2,1-2H3,(H,15,16). The maximum absolute atomic E-state index is 12.5. The van der Waals surface area contributed by atoms with E-state index in [1.807, 2.05) is 0 Å².